The molecular weight excluding hydrogens is 318 g/mol. The molecule has 0 aromatic rings. The van der Waals surface area contributed by atoms with Crippen LogP contribution in [0.5, 0.6) is 0 Å². The molecule has 1 heterocycles. The normalized spacial score (nSPS) is 24.0. The first kappa shape index (κ1) is 8.46. The van der Waals surface area contributed by atoms with Crippen LogP contribution in [0.4, 0.5) is 0 Å². The largest absolute Gasteiger partial charge is 0.375 e. The average molecular weight is 324 g/mol. The predicted molar refractivity (Wildman–Crippen MR) is 47.1 cm³/mol. The highest BCUT2D eigenvalue weighted by Gasteiger charge is 2.38. The zero-order valence-corrected chi connectivity index (χ0v) is 9.28. The van der Waals surface area contributed by atoms with Gasteiger partial charge in [0.1, 0.15) is 6.23 Å². The van der Waals surface area contributed by atoms with E-state index in [0.717, 1.165) is 13.1 Å². The van der Waals surface area contributed by atoms with Crippen molar-refractivity contribution in [2.45, 2.75) is 8.37 Å². The maximum atomic E-state index is 9.31. The van der Waals surface area contributed by atoms with Crippen LogP contribution in [0.1, 0.15) is 0 Å². The molecular formula is C4H6Br3NO. The Balaban J connectivity index is 2.40. The minimum atomic E-state index is -0.538. The lowest BCUT2D eigenvalue weighted by Gasteiger charge is -2.20. The minimum Gasteiger partial charge on any atom is -0.375 e. The van der Waals surface area contributed by atoms with Crippen LogP contribution in [0.25, 0.3) is 0 Å². The first-order valence-corrected chi connectivity index (χ1v) is 4.88. The molecule has 2 nitrogen and oxygen atoms in total. The average Bonchev–Trinajstić information content (AvgIpc) is 2.40. The van der Waals surface area contributed by atoms with Crippen molar-refractivity contribution < 1.29 is 5.11 Å². The summed E-state index contributed by atoms with van der Waals surface area (Å²) in [6.07, 6.45) is -0.488. The molecule has 9 heavy (non-hydrogen) atoms. The van der Waals surface area contributed by atoms with Crippen LogP contribution >= 0.6 is 47.8 Å². The third-order valence-electron chi connectivity index (χ3n) is 1.12. The summed E-state index contributed by atoms with van der Waals surface area (Å²) < 4.78 is -0.538. The molecule has 1 N–H and O–H groups in total. The van der Waals surface area contributed by atoms with Crippen molar-refractivity contribution in [1.82, 2.24) is 4.90 Å². The molecule has 1 saturated heterocycles. The molecule has 0 spiro atoms. The molecule has 1 fully saturated rings. The summed E-state index contributed by atoms with van der Waals surface area (Å²) in [5.41, 5.74) is 0. The van der Waals surface area contributed by atoms with Crippen molar-refractivity contribution in [3.05, 3.63) is 0 Å². The molecule has 1 aliphatic heterocycles. The van der Waals surface area contributed by atoms with E-state index in [4.69, 9.17) is 0 Å². The minimum absolute atomic E-state index is 0.488. The van der Waals surface area contributed by atoms with Crippen LogP contribution in [0.2, 0.25) is 0 Å². The smallest absolute Gasteiger partial charge is 0.174 e. The van der Waals surface area contributed by atoms with E-state index in [9.17, 15) is 5.11 Å². The van der Waals surface area contributed by atoms with Gasteiger partial charge in [-0.3, -0.25) is 4.90 Å². The first-order valence-electron chi connectivity index (χ1n) is 2.50. The van der Waals surface area contributed by atoms with Gasteiger partial charge in [-0.15, -0.1) is 0 Å². The lowest BCUT2D eigenvalue weighted by molar-refractivity contribution is 0.0941. The van der Waals surface area contributed by atoms with Gasteiger partial charge in [0, 0.05) is 13.1 Å². The second-order valence-electron chi connectivity index (χ2n) is 1.95. The fourth-order valence-corrected chi connectivity index (χ4v) is 1.38. The summed E-state index contributed by atoms with van der Waals surface area (Å²) >= 11 is 9.68. The molecule has 1 atom stereocenters. The van der Waals surface area contributed by atoms with Gasteiger partial charge in [0.05, 0.1) is 0 Å². The SMILES string of the molecule is OC(N1CC1)C(Br)(Br)Br. The second-order valence-corrected chi connectivity index (χ2v) is 8.90. The molecule has 0 amide bonds. The standard InChI is InChI=1S/C4H6Br3NO/c5-4(6,7)3(9)8-1-2-8/h3,9H,1-2H2. The number of rotatable bonds is 1. The van der Waals surface area contributed by atoms with Gasteiger partial charge in [-0.25, -0.2) is 0 Å². The molecule has 1 rings (SSSR count). The highest BCUT2D eigenvalue weighted by molar-refractivity contribution is 9.39. The second kappa shape index (κ2) is 2.77. The van der Waals surface area contributed by atoms with E-state index >= 15 is 0 Å². The van der Waals surface area contributed by atoms with E-state index in [2.05, 4.69) is 47.8 Å². The Morgan fingerprint density at radius 2 is 1.78 bits per heavy atom. The summed E-state index contributed by atoms with van der Waals surface area (Å²) in [6.45, 7) is 1.96. The Hall–Kier alpha value is 1.36. The van der Waals surface area contributed by atoms with Gasteiger partial charge in [-0.2, -0.15) is 0 Å². The van der Waals surface area contributed by atoms with Crippen LogP contribution in [0.3, 0.4) is 0 Å². The molecule has 5 heteroatoms. The van der Waals surface area contributed by atoms with Crippen LogP contribution in [-0.2, 0) is 0 Å². The van der Waals surface area contributed by atoms with Crippen molar-refractivity contribution in [2.24, 2.45) is 0 Å². The number of nitrogens with zero attached hydrogens (tertiary/aromatic N) is 1. The number of aliphatic hydroxyl groups excluding tert-OH is 1. The number of alkyl halides is 3. The molecule has 0 bridgehead atoms. The molecule has 0 aliphatic carbocycles. The van der Waals surface area contributed by atoms with Gasteiger partial charge in [0.2, 0.25) is 0 Å². The number of hydrogen-bond acceptors (Lipinski definition) is 2. The third-order valence-corrected chi connectivity index (χ3v) is 2.35. The Labute approximate surface area is 79.0 Å². The quantitative estimate of drug-likeness (QED) is 0.583. The topological polar surface area (TPSA) is 23.2 Å². The maximum absolute atomic E-state index is 9.31. The van der Waals surface area contributed by atoms with Crippen molar-refractivity contribution >= 4 is 47.8 Å². The number of halogens is 3. The van der Waals surface area contributed by atoms with Gasteiger partial charge in [-0.1, -0.05) is 47.8 Å². The summed E-state index contributed by atoms with van der Waals surface area (Å²) in [4.78, 5) is 1.91. The molecule has 0 radical (unpaired) electrons. The van der Waals surface area contributed by atoms with Gasteiger partial charge in [0.15, 0.2) is 2.14 Å². The Bertz CT molecular complexity index is 109. The van der Waals surface area contributed by atoms with Gasteiger partial charge in [0.25, 0.3) is 0 Å². The van der Waals surface area contributed by atoms with E-state index in [0.29, 0.717) is 0 Å². The molecule has 1 unspecified atom stereocenters. The number of aliphatic hydroxyl groups is 1. The molecule has 1 aliphatic rings. The van der Waals surface area contributed by atoms with E-state index < -0.39 is 8.37 Å². The third kappa shape index (κ3) is 2.46. The van der Waals surface area contributed by atoms with Crippen molar-refractivity contribution in [3.8, 4) is 0 Å². The van der Waals surface area contributed by atoms with Crippen molar-refractivity contribution in [2.75, 3.05) is 13.1 Å². The zero-order chi connectivity index (χ0) is 7.07. The van der Waals surface area contributed by atoms with Crippen molar-refractivity contribution in [1.29, 1.82) is 0 Å². The lowest BCUT2D eigenvalue weighted by atomic mass is 10.7. The summed E-state index contributed by atoms with van der Waals surface area (Å²) in [5.74, 6) is 0. The summed E-state index contributed by atoms with van der Waals surface area (Å²) in [5, 5.41) is 9.31. The molecule has 54 valence electrons. The van der Waals surface area contributed by atoms with Crippen LogP contribution in [-0.4, -0.2) is 31.5 Å². The summed E-state index contributed by atoms with van der Waals surface area (Å²) in [6, 6.07) is 0. The Morgan fingerprint density at radius 3 is 1.89 bits per heavy atom. The first-order chi connectivity index (χ1) is 4.02. The lowest BCUT2D eigenvalue weighted by Crippen LogP contribution is -2.31. The van der Waals surface area contributed by atoms with E-state index in [1.807, 2.05) is 4.90 Å². The molecule has 0 aromatic heterocycles. The summed E-state index contributed by atoms with van der Waals surface area (Å²) in [7, 11) is 0. The highest BCUT2D eigenvalue weighted by Crippen LogP contribution is 2.39. The van der Waals surface area contributed by atoms with Crippen LogP contribution in [0, 0.1) is 0 Å². The fraction of sp³-hybridized carbons (Fsp3) is 1.00. The number of hydrogen-bond donors (Lipinski definition) is 1. The maximum Gasteiger partial charge on any atom is 0.174 e. The van der Waals surface area contributed by atoms with E-state index in [1.165, 1.54) is 0 Å². The van der Waals surface area contributed by atoms with Crippen LogP contribution in [0.15, 0.2) is 0 Å². The van der Waals surface area contributed by atoms with Crippen LogP contribution < -0.4 is 0 Å². The monoisotopic (exact) mass is 321 g/mol. The Kier molecular flexibility index (Phi) is 2.61. The zero-order valence-electron chi connectivity index (χ0n) is 4.52. The van der Waals surface area contributed by atoms with Crippen molar-refractivity contribution in [3.63, 3.8) is 0 Å². The predicted octanol–water partition coefficient (Wildman–Crippen LogP) is 1.46. The van der Waals surface area contributed by atoms with Gasteiger partial charge in [-0.05, 0) is 0 Å². The molecule has 0 aromatic carbocycles. The fourth-order valence-electron chi connectivity index (χ4n) is 0.509. The van der Waals surface area contributed by atoms with Gasteiger partial charge >= 0.3 is 0 Å². The van der Waals surface area contributed by atoms with E-state index in [-0.39, 0.29) is 0 Å². The van der Waals surface area contributed by atoms with Gasteiger partial charge < -0.3 is 5.11 Å². The highest BCUT2D eigenvalue weighted by atomic mass is 80.0. The molecule has 0 saturated carbocycles. The Morgan fingerprint density at radius 1 is 1.33 bits per heavy atom. The van der Waals surface area contributed by atoms with E-state index in [1.54, 1.807) is 0 Å².